The quantitative estimate of drug-likeness (QED) is 0.607. The lowest BCUT2D eigenvalue weighted by molar-refractivity contribution is -0.111. The molecule has 4 nitrogen and oxygen atoms in total. The van der Waals surface area contributed by atoms with Crippen molar-refractivity contribution >= 4 is 33.7 Å². The van der Waals surface area contributed by atoms with Crippen LogP contribution in [0, 0.1) is 13.8 Å². The molecule has 0 radical (unpaired) electrons. The van der Waals surface area contributed by atoms with E-state index in [4.69, 9.17) is 0 Å². The molecule has 1 N–H and O–H groups in total. The molecule has 0 unspecified atom stereocenters. The summed E-state index contributed by atoms with van der Waals surface area (Å²) in [4.78, 5) is 12.4. The molecular formula is C21H20BrN3O. The zero-order valence-corrected chi connectivity index (χ0v) is 16.5. The average Bonchev–Trinajstić information content (AvgIpc) is 2.88. The van der Waals surface area contributed by atoms with Crippen molar-refractivity contribution in [3.63, 3.8) is 0 Å². The second-order valence-electron chi connectivity index (χ2n) is 6.18. The predicted molar refractivity (Wildman–Crippen MR) is 110 cm³/mol. The number of anilines is 1. The summed E-state index contributed by atoms with van der Waals surface area (Å²) < 4.78 is 2.71. The van der Waals surface area contributed by atoms with Gasteiger partial charge >= 0.3 is 0 Å². The van der Waals surface area contributed by atoms with E-state index in [0.29, 0.717) is 5.82 Å². The highest BCUT2D eigenvalue weighted by atomic mass is 79.9. The van der Waals surface area contributed by atoms with E-state index >= 15 is 0 Å². The Balaban J connectivity index is 1.85. The molecule has 0 bridgehead atoms. The molecule has 26 heavy (non-hydrogen) atoms. The molecule has 1 heterocycles. The molecule has 0 fully saturated rings. The first-order valence-corrected chi connectivity index (χ1v) is 9.08. The third-order valence-corrected chi connectivity index (χ3v) is 4.59. The molecule has 0 spiro atoms. The van der Waals surface area contributed by atoms with Crippen molar-refractivity contribution in [3.8, 4) is 11.1 Å². The number of hydrogen-bond donors (Lipinski definition) is 1. The summed E-state index contributed by atoms with van der Waals surface area (Å²) in [5.41, 5.74) is 4.96. The second-order valence-corrected chi connectivity index (χ2v) is 7.09. The fourth-order valence-electron chi connectivity index (χ4n) is 2.87. The summed E-state index contributed by atoms with van der Waals surface area (Å²) in [6.07, 6.45) is 3.35. The molecule has 0 saturated carbocycles. The molecule has 3 aromatic rings. The Morgan fingerprint density at radius 2 is 1.88 bits per heavy atom. The van der Waals surface area contributed by atoms with Gasteiger partial charge in [0.25, 0.3) is 0 Å². The SMILES string of the molecule is Cc1cccc(/C=C/C(=O)Nc2c(-c3ccc(Br)cc3)c(C)nn2C)c1. The van der Waals surface area contributed by atoms with Gasteiger partial charge in [-0.1, -0.05) is 57.9 Å². The van der Waals surface area contributed by atoms with Gasteiger partial charge in [-0.2, -0.15) is 5.10 Å². The van der Waals surface area contributed by atoms with E-state index < -0.39 is 0 Å². The van der Waals surface area contributed by atoms with Crippen molar-refractivity contribution in [2.45, 2.75) is 13.8 Å². The van der Waals surface area contributed by atoms with Gasteiger partial charge in [0.2, 0.25) is 5.91 Å². The van der Waals surface area contributed by atoms with Gasteiger partial charge < -0.3 is 5.32 Å². The topological polar surface area (TPSA) is 46.9 Å². The van der Waals surface area contributed by atoms with Crippen molar-refractivity contribution < 1.29 is 4.79 Å². The molecule has 1 amide bonds. The lowest BCUT2D eigenvalue weighted by atomic mass is 10.1. The van der Waals surface area contributed by atoms with Gasteiger partial charge in [0.15, 0.2) is 0 Å². The summed E-state index contributed by atoms with van der Waals surface area (Å²) in [6, 6.07) is 16.0. The fourth-order valence-corrected chi connectivity index (χ4v) is 3.13. The van der Waals surface area contributed by atoms with Gasteiger partial charge in [0, 0.05) is 23.2 Å². The van der Waals surface area contributed by atoms with Crippen LogP contribution in [0.25, 0.3) is 17.2 Å². The highest BCUT2D eigenvalue weighted by Crippen LogP contribution is 2.31. The molecule has 0 aliphatic carbocycles. The third-order valence-electron chi connectivity index (χ3n) is 4.07. The number of hydrogen-bond acceptors (Lipinski definition) is 2. The first-order chi connectivity index (χ1) is 12.4. The number of aryl methyl sites for hydroxylation is 3. The average molecular weight is 410 g/mol. The van der Waals surface area contributed by atoms with Crippen LogP contribution in [-0.4, -0.2) is 15.7 Å². The monoisotopic (exact) mass is 409 g/mol. The van der Waals surface area contributed by atoms with Gasteiger partial charge in [-0.05, 0) is 43.2 Å². The first-order valence-electron chi connectivity index (χ1n) is 8.29. The lowest BCUT2D eigenvalue weighted by Gasteiger charge is -2.08. The highest BCUT2D eigenvalue weighted by molar-refractivity contribution is 9.10. The standard InChI is InChI=1S/C21H20BrN3O/c1-14-5-4-6-16(13-14)7-12-19(26)23-21-20(15(2)24-25(21)3)17-8-10-18(22)11-9-17/h4-13H,1-3H3,(H,23,26)/b12-7+. The number of nitrogens with zero attached hydrogens (tertiary/aromatic N) is 2. The fraction of sp³-hybridized carbons (Fsp3) is 0.143. The predicted octanol–water partition coefficient (Wildman–Crippen LogP) is 5.12. The van der Waals surface area contributed by atoms with Crippen LogP contribution in [0.15, 0.2) is 59.1 Å². The Labute approximate surface area is 161 Å². The summed E-state index contributed by atoms with van der Waals surface area (Å²) in [5.74, 6) is 0.497. The van der Waals surface area contributed by atoms with Gasteiger partial charge in [0.05, 0.1) is 5.69 Å². The number of aromatic nitrogens is 2. The van der Waals surface area contributed by atoms with Crippen LogP contribution in [0.4, 0.5) is 5.82 Å². The van der Waals surface area contributed by atoms with E-state index in [1.807, 2.05) is 75.5 Å². The molecule has 1 aromatic heterocycles. The van der Waals surface area contributed by atoms with E-state index in [2.05, 4.69) is 26.3 Å². The molecular weight excluding hydrogens is 390 g/mol. The van der Waals surface area contributed by atoms with Gasteiger partial charge in [-0.15, -0.1) is 0 Å². The van der Waals surface area contributed by atoms with Crippen molar-refractivity contribution in [2.75, 3.05) is 5.32 Å². The summed E-state index contributed by atoms with van der Waals surface area (Å²) in [7, 11) is 1.83. The first kappa shape index (κ1) is 18.1. The molecule has 0 aliphatic heterocycles. The Morgan fingerprint density at radius 3 is 2.58 bits per heavy atom. The van der Waals surface area contributed by atoms with Crippen molar-refractivity contribution in [3.05, 3.63) is 75.9 Å². The Bertz CT molecular complexity index is 971. The van der Waals surface area contributed by atoms with Crippen LogP contribution < -0.4 is 5.32 Å². The van der Waals surface area contributed by atoms with Gasteiger partial charge in [-0.3, -0.25) is 9.48 Å². The number of amides is 1. The minimum atomic E-state index is -0.187. The number of carbonyl (C=O) groups is 1. The molecule has 5 heteroatoms. The van der Waals surface area contributed by atoms with Crippen LogP contribution in [0.3, 0.4) is 0 Å². The van der Waals surface area contributed by atoms with Crippen LogP contribution in [0.2, 0.25) is 0 Å². The maximum atomic E-state index is 12.4. The molecule has 0 aliphatic rings. The van der Waals surface area contributed by atoms with Crippen LogP contribution in [-0.2, 0) is 11.8 Å². The van der Waals surface area contributed by atoms with Crippen molar-refractivity contribution in [1.82, 2.24) is 9.78 Å². The molecule has 132 valence electrons. The van der Waals surface area contributed by atoms with Gasteiger partial charge in [0.1, 0.15) is 5.82 Å². The molecule has 2 aromatic carbocycles. The van der Waals surface area contributed by atoms with E-state index in [9.17, 15) is 4.79 Å². The second kappa shape index (κ2) is 7.70. The maximum absolute atomic E-state index is 12.4. The van der Waals surface area contributed by atoms with E-state index in [0.717, 1.165) is 32.4 Å². The largest absolute Gasteiger partial charge is 0.307 e. The summed E-state index contributed by atoms with van der Waals surface area (Å²) in [6.45, 7) is 3.97. The summed E-state index contributed by atoms with van der Waals surface area (Å²) >= 11 is 3.45. The van der Waals surface area contributed by atoms with Crippen LogP contribution in [0.1, 0.15) is 16.8 Å². The number of halogens is 1. The zero-order chi connectivity index (χ0) is 18.7. The summed E-state index contributed by atoms with van der Waals surface area (Å²) in [5, 5.41) is 7.42. The van der Waals surface area contributed by atoms with E-state index in [-0.39, 0.29) is 5.91 Å². The highest BCUT2D eigenvalue weighted by Gasteiger charge is 2.16. The van der Waals surface area contributed by atoms with E-state index in [1.165, 1.54) is 0 Å². The van der Waals surface area contributed by atoms with Gasteiger partial charge in [-0.25, -0.2) is 0 Å². The van der Waals surface area contributed by atoms with Crippen molar-refractivity contribution in [1.29, 1.82) is 0 Å². The minimum Gasteiger partial charge on any atom is -0.307 e. The van der Waals surface area contributed by atoms with Crippen LogP contribution >= 0.6 is 15.9 Å². The Morgan fingerprint density at radius 1 is 1.15 bits per heavy atom. The van der Waals surface area contributed by atoms with Crippen LogP contribution in [0.5, 0.6) is 0 Å². The Hall–Kier alpha value is -2.66. The number of rotatable bonds is 4. The van der Waals surface area contributed by atoms with E-state index in [1.54, 1.807) is 10.8 Å². The molecule has 0 atom stereocenters. The normalized spacial score (nSPS) is 11.1. The number of benzene rings is 2. The number of nitrogens with one attached hydrogen (secondary N) is 1. The smallest absolute Gasteiger partial charge is 0.249 e. The molecule has 0 saturated heterocycles. The lowest BCUT2D eigenvalue weighted by Crippen LogP contribution is -2.12. The number of carbonyl (C=O) groups excluding carboxylic acids is 1. The maximum Gasteiger partial charge on any atom is 0.249 e. The molecule has 3 rings (SSSR count). The Kier molecular flexibility index (Phi) is 5.38. The zero-order valence-electron chi connectivity index (χ0n) is 15.0. The third kappa shape index (κ3) is 4.11. The minimum absolute atomic E-state index is 0.187. The van der Waals surface area contributed by atoms with Crippen molar-refractivity contribution in [2.24, 2.45) is 7.05 Å².